The summed E-state index contributed by atoms with van der Waals surface area (Å²) in [5, 5.41) is 2.90. The van der Waals surface area contributed by atoms with Crippen molar-refractivity contribution in [1.29, 1.82) is 0 Å². The molecule has 1 N–H and O–H groups in total. The summed E-state index contributed by atoms with van der Waals surface area (Å²) >= 11 is 2.18. The van der Waals surface area contributed by atoms with Gasteiger partial charge in [0.1, 0.15) is 9.35 Å². The van der Waals surface area contributed by atoms with Crippen LogP contribution < -0.4 is 5.32 Å². The highest BCUT2D eigenvalue weighted by Gasteiger charge is 2.10. The van der Waals surface area contributed by atoms with Gasteiger partial charge in [-0.25, -0.2) is 9.97 Å². The highest BCUT2D eigenvalue weighted by Crippen LogP contribution is 2.22. The minimum Gasteiger partial charge on any atom is -0.444 e. The summed E-state index contributed by atoms with van der Waals surface area (Å²) in [6.07, 6.45) is 6.55. The van der Waals surface area contributed by atoms with E-state index in [1.807, 2.05) is 34.7 Å². The van der Waals surface area contributed by atoms with Crippen molar-refractivity contribution in [2.75, 3.05) is 5.32 Å². The average Bonchev–Trinajstić information content (AvgIpc) is 3.25. The zero-order valence-corrected chi connectivity index (χ0v) is 14.5. The van der Waals surface area contributed by atoms with Crippen molar-refractivity contribution < 1.29 is 9.21 Å². The Bertz CT molecular complexity index is 1020. The third-order valence-corrected chi connectivity index (χ3v) is 4.36. The minimum atomic E-state index is -0.184. The lowest BCUT2D eigenvalue weighted by Crippen LogP contribution is -2.12. The van der Waals surface area contributed by atoms with Gasteiger partial charge < -0.3 is 9.73 Å². The predicted octanol–water partition coefficient (Wildman–Crippen LogP) is 3.85. The van der Waals surface area contributed by atoms with E-state index >= 15 is 0 Å². The van der Waals surface area contributed by atoms with E-state index in [0.717, 1.165) is 14.9 Å². The van der Waals surface area contributed by atoms with Gasteiger partial charge in [0.2, 0.25) is 0 Å². The molecule has 0 aliphatic carbocycles. The molecule has 0 bridgehead atoms. The zero-order chi connectivity index (χ0) is 16.5. The van der Waals surface area contributed by atoms with E-state index in [0.29, 0.717) is 17.0 Å². The summed E-state index contributed by atoms with van der Waals surface area (Å²) < 4.78 is 8.11. The first-order valence-electron chi connectivity index (χ1n) is 7.13. The molecule has 0 radical (unpaired) electrons. The molecule has 0 saturated heterocycles. The molecular formula is C17H11IN4O2. The molecule has 0 unspecified atom stereocenters. The van der Waals surface area contributed by atoms with Gasteiger partial charge in [-0.3, -0.25) is 9.20 Å². The summed E-state index contributed by atoms with van der Waals surface area (Å²) in [4.78, 5) is 20.7. The molecule has 4 aromatic rings. The number of rotatable bonds is 3. The summed E-state index contributed by atoms with van der Waals surface area (Å²) in [5.74, 6) is 0.469. The minimum absolute atomic E-state index is 0.184. The van der Waals surface area contributed by atoms with Gasteiger partial charge in [0.05, 0.1) is 18.0 Å². The van der Waals surface area contributed by atoms with Crippen molar-refractivity contribution in [3.05, 3.63) is 70.6 Å². The molecule has 4 rings (SSSR count). The summed E-state index contributed by atoms with van der Waals surface area (Å²) in [7, 11) is 0. The Morgan fingerprint density at radius 1 is 1.21 bits per heavy atom. The van der Waals surface area contributed by atoms with Crippen LogP contribution in [-0.4, -0.2) is 20.3 Å². The number of carbonyl (C=O) groups is 1. The number of anilines is 1. The van der Waals surface area contributed by atoms with Crippen molar-refractivity contribution >= 4 is 39.8 Å². The number of oxazole rings is 1. The van der Waals surface area contributed by atoms with Crippen molar-refractivity contribution in [2.45, 2.75) is 0 Å². The third kappa shape index (κ3) is 2.78. The molecular weight excluding hydrogens is 419 g/mol. The molecule has 0 fully saturated rings. The summed E-state index contributed by atoms with van der Waals surface area (Å²) in [6, 6.07) is 11.0. The van der Waals surface area contributed by atoms with Crippen molar-refractivity contribution in [3.8, 4) is 11.3 Å². The first kappa shape index (κ1) is 14.9. The van der Waals surface area contributed by atoms with Crippen LogP contribution >= 0.6 is 22.6 Å². The zero-order valence-electron chi connectivity index (χ0n) is 12.3. The first-order valence-corrected chi connectivity index (χ1v) is 8.21. The summed E-state index contributed by atoms with van der Waals surface area (Å²) in [5.41, 5.74) is 2.91. The van der Waals surface area contributed by atoms with E-state index in [9.17, 15) is 4.79 Å². The smallest absolute Gasteiger partial charge is 0.257 e. The largest absolute Gasteiger partial charge is 0.444 e. The molecule has 3 heterocycles. The molecule has 3 aromatic heterocycles. The molecule has 7 heteroatoms. The quantitative estimate of drug-likeness (QED) is 0.502. The fourth-order valence-electron chi connectivity index (χ4n) is 2.40. The number of carbonyl (C=O) groups excluding carboxylic acids is 1. The molecule has 118 valence electrons. The van der Waals surface area contributed by atoms with E-state index in [-0.39, 0.29) is 5.91 Å². The van der Waals surface area contributed by atoms with E-state index < -0.39 is 0 Å². The Balaban J connectivity index is 1.61. The summed E-state index contributed by atoms with van der Waals surface area (Å²) in [6.45, 7) is 0. The van der Waals surface area contributed by atoms with Gasteiger partial charge in [0, 0.05) is 17.4 Å². The molecule has 0 atom stereocenters. The van der Waals surface area contributed by atoms with Crippen molar-refractivity contribution in [3.63, 3.8) is 0 Å². The van der Waals surface area contributed by atoms with Gasteiger partial charge in [-0.1, -0.05) is 12.1 Å². The van der Waals surface area contributed by atoms with Crippen LogP contribution in [0.25, 0.3) is 17.0 Å². The second-order valence-electron chi connectivity index (χ2n) is 5.13. The van der Waals surface area contributed by atoms with Gasteiger partial charge in [-0.15, -0.1) is 0 Å². The maximum Gasteiger partial charge on any atom is 0.257 e. The van der Waals surface area contributed by atoms with Gasteiger partial charge >= 0.3 is 0 Å². The Labute approximate surface area is 150 Å². The number of nitrogens with zero attached hydrogens (tertiary/aromatic N) is 3. The standard InChI is InChI=1S/C17H11IN4O2/c18-15-8-20-16-5-4-12(9-22(15)16)17(23)21-13-3-1-2-11(6-13)14-7-19-10-24-14/h1-10H,(H,21,23). The fraction of sp³-hybridized carbons (Fsp3) is 0. The number of amides is 1. The van der Waals surface area contributed by atoms with E-state index in [4.69, 9.17) is 4.42 Å². The SMILES string of the molecule is O=C(Nc1cccc(-c2cnco2)c1)c1ccc2ncc(I)n2c1. The van der Waals surface area contributed by atoms with Crippen LogP contribution in [-0.2, 0) is 0 Å². The fourth-order valence-corrected chi connectivity index (χ4v) is 2.92. The Kier molecular flexibility index (Phi) is 3.77. The van der Waals surface area contributed by atoms with Crippen LogP contribution in [0.2, 0.25) is 0 Å². The number of fused-ring (bicyclic) bond motifs is 1. The molecule has 6 nitrogen and oxygen atoms in total. The number of imidazole rings is 1. The molecule has 0 spiro atoms. The van der Waals surface area contributed by atoms with Gasteiger partial charge in [-0.2, -0.15) is 0 Å². The number of hydrogen-bond acceptors (Lipinski definition) is 4. The lowest BCUT2D eigenvalue weighted by Gasteiger charge is -2.07. The monoisotopic (exact) mass is 430 g/mol. The van der Waals surface area contributed by atoms with Gasteiger partial charge in [0.15, 0.2) is 12.2 Å². The molecule has 0 saturated carbocycles. The van der Waals surface area contributed by atoms with Crippen LogP contribution in [0.5, 0.6) is 0 Å². The van der Waals surface area contributed by atoms with Crippen LogP contribution in [0.1, 0.15) is 10.4 Å². The van der Waals surface area contributed by atoms with Crippen LogP contribution in [0.15, 0.2) is 65.8 Å². The number of benzene rings is 1. The Morgan fingerprint density at radius 3 is 2.96 bits per heavy atom. The van der Waals surface area contributed by atoms with Crippen LogP contribution in [0.4, 0.5) is 5.69 Å². The molecule has 1 amide bonds. The topological polar surface area (TPSA) is 72.4 Å². The third-order valence-electron chi connectivity index (χ3n) is 3.56. The molecule has 24 heavy (non-hydrogen) atoms. The molecule has 1 aromatic carbocycles. The van der Waals surface area contributed by atoms with Crippen molar-refractivity contribution in [2.24, 2.45) is 0 Å². The number of hydrogen-bond donors (Lipinski definition) is 1. The highest BCUT2D eigenvalue weighted by molar-refractivity contribution is 14.1. The normalized spacial score (nSPS) is 10.9. The van der Waals surface area contributed by atoms with E-state index in [1.165, 1.54) is 6.39 Å². The second kappa shape index (κ2) is 6.08. The van der Waals surface area contributed by atoms with E-state index in [2.05, 4.69) is 37.9 Å². The van der Waals surface area contributed by atoms with Crippen LogP contribution in [0.3, 0.4) is 0 Å². The van der Waals surface area contributed by atoms with Crippen molar-refractivity contribution in [1.82, 2.24) is 14.4 Å². The number of nitrogens with one attached hydrogen (secondary N) is 1. The van der Waals surface area contributed by atoms with E-state index in [1.54, 1.807) is 24.7 Å². The highest BCUT2D eigenvalue weighted by atomic mass is 127. The number of aromatic nitrogens is 3. The van der Waals surface area contributed by atoms with Crippen LogP contribution in [0, 0.1) is 3.70 Å². The average molecular weight is 430 g/mol. The maximum atomic E-state index is 12.5. The first-order chi connectivity index (χ1) is 11.7. The maximum absolute atomic E-state index is 12.5. The van der Waals surface area contributed by atoms with Gasteiger partial charge in [0.25, 0.3) is 5.91 Å². The lowest BCUT2D eigenvalue weighted by molar-refractivity contribution is 0.102. The lowest BCUT2D eigenvalue weighted by atomic mass is 10.1. The number of pyridine rings is 1. The second-order valence-corrected chi connectivity index (χ2v) is 6.23. The Hall–Kier alpha value is -2.68. The van der Waals surface area contributed by atoms with Gasteiger partial charge in [-0.05, 0) is 46.9 Å². The molecule has 0 aliphatic heterocycles. The molecule has 0 aliphatic rings. The number of halogens is 1. The Morgan fingerprint density at radius 2 is 2.12 bits per heavy atom. The predicted molar refractivity (Wildman–Crippen MR) is 97.8 cm³/mol.